The van der Waals surface area contributed by atoms with Gasteiger partial charge in [-0.15, -0.1) is 0 Å². The zero-order valence-electron chi connectivity index (χ0n) is 14.8. The van der Waals surface area contributed by atoms with Crippen molar-refractivity contribution in [2.24, 2.45) is 0 Å². The molecule has 3 heteroatoms. The summed E-state index contributed by atoms with van der Waals surface area (Å²) in [6.07, 6.45) is 16.1. The first-order chi connectivity index (χ1) is 10.7. The van der Waals surface area contributed by atoms with Crippen LogP contribution in [-0.4, -0.2) is 18.9 Å². The number of hydrogen-bond donors (Lipinski definition) is 0. The third-order valence-corrected chi connectivity index (χ3v) is 4.12. The molecule has 0 spiro atoms. The van der Waals surface area contributed by atoms with Gasteiger partial charge >= 0.3 is 5.97 Å². The molecule has 0 bridgehead atoms. The molecule has 0 heterocycles. The van der Waals surface area contributed by atoms with Crippen LogP contribution in [0.4, 0.5) is 0 Å². The third-order valence-electron chi connectivity index (χ3n) is 4.12. The fraction of sp³-hybridized carbons (Fsp3) is 0.895. The van der Waals surface area contributed by atoms with Gasteiger partial charge in [-0.1, -0.05) is 64.7 Å². The summed E-state index contributed by atoms with van der Waals surface area (Å²) in [7, 11) is 1.43. The van der Waals surface area contributed by atoms with Crippen LogP contribution >= 0.6 is 0 Å². The molecule has 0 atom stereocenters. The minimum atomic E-state index is -0.120. The minimum absolute atomic E-state index is 0.120. The van der Waals surface area contributed by atoms with Gasteiger partial charge < -0.3 is 4.74 Å². The van der Waals surface area contributed by atoms with E-state index in [1.807, 2.05) is 0 Å². The summed E-state index contributed by atoms with van der Waals surface area (Å²) in [6.45, 7) is 2.23. The fourth-order valence-corrected chi connectivity index (χ4v) is 2.63. The highest BCUT2D eigenvalue weighted by Gasteiger charge is 2.03. The molecule has 22 heavy (non-hydrogen) atoms. The Morgan fingerprint density at radius 2 is 1.05 bits per heavy atom. The van der Waals surface area contributed by atoms with Crippen molar-refractivity contribution in [1.82, 2.24) is 0 Å². The highest BCUT2D eigenvalue weighted by molar-refractivity contribution is 5.78. The lowest BCUT2D eigenvalue weighted by Crippen LogP contribution is -1.99. The molecule has 130 valence electrons. The van der Waals surface area contributed by atoms with Crippen molar-refractivity contribution in [3.63, 3.8) is 0 Å². The van der Waals surface area contributed by atoms with E-state index in [0.29, 0.717) is 12.2 Å². The maximum atomic E-state index is 11.7. The van der Waals surface area contributed by atoms with Crippen LogP contribution in [0.2, 0.25) is 0 Å². The molecule has 0 rings (SSSR count). The van der Waals surface area contributed by atoms with Crippen LogP contribution in [0.3, 0.4) is 0 Å². The molecule has 0 saturated carbocycles. The number of ketones is 1. The molecule has 0 amide bonds. The summed E-state index contributed by atoms with van der Waals surface area (Å²) in [5, 5.41) is 0. The molecule has 0 radical (unpaired) electrons. The maximum absolute atomic E-state index is 11.7. The Bertz CT molecular complexity index is 274. The van der Waals surface area contributed by atoms with Gasteiger partial charge in [0.2, 0.25) is 0 Å². The molecule has 3 nitrogen and oxygen atoms in total. The zero-order chi connectivity index (χ0) is 16.5. The monoisotopic (exact) mass is 312 g/mol. The summed E-state index contributed by atoms with van der Waals surface area (Å²) in [5.41, 5.74) is 0. The van der Waals surface area contributed by atoms with Gasteiger partial charge in [0, 0.05) is 19.3 Å². The number of Topliss-reactive ketones (excluding diaryl/α,β-unsaturated/α-hetero) is 1. The Morgan fingerprint density at radius 1 is 0.636 bits per heavy atom. The first-order valence-corrected chi connectivity index (χ1v) is 9.29. The van der Waals surface area contributed by atoms with Crippen molar-refractivity contribution in [1.29, 1.82) is 0 Å². The quantitative estimate of drug-likeness (QED) is 0.275. The third kappa shape index (κ3) is 15.5. The number of rotatable bonds is 16. The number of methoxy groups -OCH3 is 1. The molecule has 0 aromatic heterocycles. The van der Waals surface area contributed by atoms with Crippen molar-refractivity contribution in [3.05, 3.63) is 0 Å². The number of hydrogen-bond acceptors (Lipinski definition) is 3. The van der Waals surface area contributed by atoms with E-state index in [4.69, 9.17) is 0 Å². The molecule has 0 aromatic rings. The van der Waals surface area contributed by atoms with Gasteiger partial charge in [-0.05, 0) is 19.3 Å². The molecule has 0 N–H and O–H groups in total. The van der Waals surface area contributed by atoms with E-state index < -0.39 is 0 Å². The average molecular weight is 312 g/mol. The normalized spacial score (nSPS) is 10.6. The van der Waals surface area contributed by atoms with E-state index in [1.165, 1.54) is 45.6 Å². The molecule has 0 aromatic carbocycles. The lowest BCUT2D eigenvalue weighted by molar-refractivity contribution is -0.140. The van der Waals surface area contributed by atoms with E-state index in [9.17, 15) is 9.59 Å². The number of carbonyl (C=O) groups excluding carboxylic acids is 2. The Hall–Kier alpha value is -0.860. The summed E-state index contributed by atoms with van der Waals surface area (Å²) in [5.74, 6) is 0.313. The molecule has 0 aliphatic heterocycles. The number of carbonyl (C=O) groups is 2. The van der Waals surface area contributed by atoms with E-state index >= 15 is 0 Å². The standard InChI is InChI=1S/C19H36O3/c1-3-4-5-6-7-9-12-15-18(20)16-13-10-8-11-14-17-19(21)22-2/h3-17H2,1-2H3. The van der Waals surface area contributed by atoms with Crippen LogP contribution in [0.25, 0.3) is 0 Å². The van der Waals surface area contributed by atoms with Crippen molar-refractivity contribution < 1.29 is 14.3 Å². The fourth-order valence-electron chi connectivity index (χ4n) is 2.63. The highest BCUT2D eigenvalue weighted by Crippen LogP contribution is 2.12. The van der Waals surface area contributed by atoms with Crippen molar-refractivity contribution in [3.8, 4) is 0 Å². The summed E-state index contributed by atoms with van der Waals surface area (Å²) >= 11 is 0. The van der Waals surface area contributed by atoms with Crippen molar-refractivity contribution in [2.45, 2.75) is 103 Å². The second-order valence-corrected chi connectivity index (χ2v) is 6.25. The Balaban J connectivity index is 3.21. The molecular weight excluding hydrogens is 276 g/mol. The van der Waals surface area contributed by atoms with Gasteiger partial charge in [-0.2, -0.15) is 0 Å². The predicted molar refractivity (Wildman–Crippen MR) is 92.0 cm³/mol. The highest BCUT2D eigenvalue weighted by atomic mass is 16.5. The van der Waals surface area contributed by atoms with Crippen LogP contribution in [0.15, 0.2) is 0 Å². The molecule has 0 saturated heterocycles. The van der Waals surface area contributed by atoms with Gasteiger partial charge in [0.1, 0.15) is 5.78 Å². The van der Waals surface area contributed by atoms with E-state index in [1.54, 1.807) is 0 Å². The van der Waals surface area contributed by atoms with Gasteiger partial charge in [-0.25, -0.2) is 0 Å². The van der Waals surface area contributed by atoms with Gasteiger partial charge in [0.15, 0.2) is 0 Å². The van der Waals surface area contributed by atoms with E-state index in [2.05, 4.69) is 11.7 Å². The number of esters is 1. The zero-order valence-corrected chi connectivity index (χ0v) is 14.8. The molecule has 0 unspecified atom stereocenters. The van der Waals surface area contributed by atoms with Crippen LogP contribution in [0.1, 0.15) is 103 Å². The Morgan fingerprint density at radius 3 is 1.50 bits per heavy atom. The molecular formula is C19H36O3. The smallest absolute Gasteiger partial charge is 0.305 e. The van der Waals surface area contributed by atoms with Crippen LogP contribution < -0.4 is 0 Å². The van der Waals surface area contributed by atoms with Gasteiger partial charge in [0.05, 0.1) is 7.11 Å². The first-order valence-electron chi connectivity index (χ1n) is 9.29. The minimum Gasteiger partial charge on any atom is -0.469 e. The van der Waals surface area contributed by atoms with Crippen molar-refractivity contribution >= 4 is 11.8 Å². The van der Waals surface area contributed by atoms with Gasteiger partial charge in [0.25, 0.3) is 0 Å². The Kier molecular flexibility index (Phi) is 15.9. The summed E-state index contributed by atoms with van der Waals surface area (Å²) in [6, 6.07) is 0. The van der Waals surface area contributed by atoms with Crippen LogP contribution in [0, 0.1) is 0 Å². The molecule has 0 fully saturated rings. The lowest BCUT2D eigenvalue weighted by Gasteiger charge is -2.03. The average Bonchev–Trinajstić information content (AvgIpc) is 2.52. The first kappa shape index (κ1) is 21.1. The van der Waals surface area contributed by atoms with Crippen LogP contribution in [0.5, 0.6) is 0 Å². The van der Waals surface area contributed by atoms with E-state index in [-0.39, 0.29) is 5.97 Å². The summed E-state index contributed by atoms with van der Waals surface area (Å²) in [4.78, 5) is 22.7. The Labute approximate surface area is 137 Å². The van der Waals surface area contributed by atoms with E-state index in [0.717, 1.165) is 51.4 Å². The number of unbranched alkanes of at least 4 members (excludes halogenated alkanes) is 10. The van der Waals surface area contributed by atoms with Gasteiger partial charge in [-0.3, -0.25) is 9.59 Å². The van der Waals surface area contributed by atoms with Crippen molar-refractivity contribution in [2.75, 3.05) is 7.11 Å². The molecule has 0 aliphatic carbocycles. The second kappa shape index (κ2) is 16.5. The largest absolute Gasteiger partial charge is 0.469 e. The molecule has 0 aliphatic rings. The lowest BCUT2D eigenvalue weighted by atomic mass is 10.0. The van der Waals surface area contributed by atoms with Crippen LogP contribution in [-0.2, 0) is 14.3 Å². The number of ether oxygens (including phenoxy) is 1. The SMILES string of the molecule is CCCCCCCCCC(=O)CCCCCCCC(=O)OC. The second-order valence-electron chi connectivity index (χ2n) is 6.25. The topological polar surface area (TPSA) is 43.4 Å². The summed E-state index contributed by atoms with van der Waals surface area (Å²) < 4.78 is 4.60. The maximum Gasteiger partial charge on any atom is 0.305 e. The predicted octanol–water partition coefficient (Wildman–Crippen LogP) is 5.60.